The third kappa shape index (κ3) is 8.07. The van der Waals surface area contributed by atoms with Crippen LogP contribution in [0.2, 0.25) is 5.02 Å². The normalized spacial score (nSPS) is 28.3. The van der Waals surface area contributed by atoms with Crippen LogP contribution < -0.4 is 5.32 Å². The van der Waals surface area contributed by atoms with Gasteiger partial charge in [0.05, 0.1) is 6.04 Å². The average molecular weight is 614 g/mol. The summed E-state index contributed by atoms with van der Waals surface area (Å²) in [4.78, 5) is 37.2. The molecule has 3 amide bonds. The molecule has 240 valence electrons. The Labute approximate surface area is 265 Å². The van der Waals surface area contributed by atoms with Gasteiger partial charge in [-0.1, -0.05) is 43.0 Å². The van der Waals surface area contributed by atoms with Gasteiger partial charge in [0, 0.05) is 54.4 Å². The first-order valence-corrected chi connectivity index (χ1v) is 17.7. The quantitative estimate of drug-likeness (QED) is 0.372. The number of carbonyl (C=O) groups excluding carboxylic acids is 2. The van der Waals surface area contributed by atoms with Gasteiger partial charge in [-0.2, -0.15) is 0 Å². The molecule has 1 aromatic carbocycles. The second-order valence-electron chi connectivity index (χ2n) is 14.2. The molecular weight excluding hydrogens is 558 g/mol. The Morgan fingerprint density at radius 3 is 1.98 bits per heavy atom. The Bertz CT molecular complexity index is 1030. The van der Waals surface area contributed by atoms with Crippen LogP contribution in [0.5, 0.6) is 0 Å². The number of carbonyl (C=O) groups is 2. The maximum Gasteiger partial charge on any atom is 0.320 e. The van der Waals surface area contributed by atoms with Crippen molar-refractivity contribution in [3.05, 3.63) is 34.9 Å². The van der Waals surface area contributed by atoms with Gasteiger partial charge >= 0.3 is 6.03 Å². The van der Waals surface area contributed by atoms with Crippen LogP contribution in [0.25, 0.3) is 0 Å². The number of likely N-dealkylation sites (tertiary alicyclic amines) is 2. The first-order valence-electron chi connectivity index (χ1n) is 17.3. The first kappa shape index (κ1) is 32.6. The van der Waals surface area contributed by atoms with Crippen LogP contribution in [-0.4, -0.2) is 101 Å². The molecule has 2 saturated heterocycles. The van der Waals surface area contributed by atoms with Crippen molar-refractivity contribution in [2.24, 2.45) is 0 Å². The predicted molar refractivity (Wildman–Crippen MR) is 176 cm³/mol. The average Bonchev–Trinajstić information content (AvgIpc) is 3.36. The lowest BCUT2D eigenvalue weighted by Crippen LogP contribution is -2.59. The molecule has 0 bridgehead atoms. The van der Waals surface area contributed by atoms with Crippen LogP contribution in [0.15, 0.2) is 24.3 Å². The van der Waals surface area contributed by atoms with E-state index in [1.807, 2.05) is 24.3 Å². The number of amides is 3. The van der Waals surface area contributed by atoms with Crippen molar-refractivity contribution < 1.29 is 9.59 Å². The second kappa shape index (κ2) is 15.0. The summed E-state index contributed by atoms with van der Waals surface area (Å²) in [7, 11) is 4.34. The van der Waals surface area contributed by atoms with Gasteiger partial charge in [0.25, 0.3) is 0 Å². The minimum atomic E-state index is -0.249. The Morgan fingerprint density at radius 2 is 1.40 bits per heavy atom. The van der Waals surface area contributed by atoms with Gasteiger partial charge in [0.1, 0.15) is 0 Å². The summed E-state index contributed by atoms with van der Waals surface area (Å²) in [5.74, 6) is 0.209. The summed E-state index contributed by atoms with van der Waals surface area (Å²) < 4.78 is 0. The second-order valence-corrected chi connectivity index (χ2v) is 14.7. The summed E-state index contributed by atoms with van der Waals surface area (Å²) in [5.41, 5.74) is 1.13. The maximum absolute atomic E-state index is 14.2. The molecule has 3 atom stereocenters. The van der Waals surface area contributed by atoms with Crippen LogP contribution in [-0.2, 0) is 11.2 Å². The molecule has 0 radical (unpaired) electrons. The van der Waals surface area contributed by atoms with Crippen LogP contribution in [0.3, 0.4) is 0 Å². The number of hydrogen-bond acceptors (Lipinski definition) is 4. The van der Waals surface area contributed by atoms with Crippen LogP contribution >= 0.6 is 11.6 Å². The van der Waals surface area contributed by atoms with Crippen molar-refractivity contribution in [2.75, 3.05) is 27.2 Å². The molecule has 2 saturated carbocycles. The summed E-state index contributed by atoms with van der Waals surface area (Å²) in [6, 6.07) is 10.1. The number of piperidine rings is 1. The van der Waals surface area contributed by atoms with Crippen molar-refractivity contribution in [1.29, 1.82) is 0 Å². The highest BCUT2D eigenvalue weighted by molar-refractivity contribution is 6.30. The molecule has 1 aromatic rings. The Balaban J connectivity index is 1.26. The standard InChI is InChI=1S/C35H56ClN5O2/c1-25-10-11-26(2)40(25)35(43)41(31-8-6-5-7-9-31)32-20-22-39(23-21-32)34(42)33(24-27-12-14-28(36)15-13-27)37-29-16-18-30(19-17-29)38(3)4/h12-15,25-26,29-33,37H,5-11,16-24H2,1-4H3/t25-,26-,29?,30?,33-/m1/s1. The number of rotatable bonds is 8. The van der Waals surface area contributed by atoms with Crippen LogP contribution in [0.1, 0.15) is 103 Å². The molecular formula is C35H56ClN5O2. The molecule has 1 N–H and O–H groups in total. The molecule has 43 heavy (non-hydrogen) atoms. The van der Waals surface area contributed by atoms with Gasteiger partial charge in [-0.15, -0.1) is 0 Å². The topological polar surface area (TPSA) is 59.1 Å². The van der Waals surface area contributed by atoms with E-state index in [0.29, 0.717) is 36.6 Å². The monoisotopic (exact) mass is 613 g/mol. The van der Waals surface area contributed by atoms with Gasteiger partial charge in [0.15, 0.2) is 0 Å². The molecule has 0 spiro atoms. The number of benzene rings is 1. The van der Waals surface area contributed by atoms with Gasteiger partial charge < -0.3 is 24.9 Å². The third-order valence-electron chi connectivity index (χ3n) is 11.0. The number of nitrogens with one attached hydrogen (secondary N) is 1. The van der Waals surface area contributed by atoms with Gasteiger partial charge in [-0.3, -0.25) is 4.79 Å². The molecule has 0 unspecified atom stereocenters. The van der Waals surface area contributed by atoms with E-state index in [-0.39, 0.29) is 24.0 Å². The zero-order chi connectivity index (χ0) is 30.5. The molecule has 7 nitrogen and oxygen atoms in total. The van der Waals surface area contributed by atoms with Crippen molar-refractivity contribution >= 4 is 23.5 Å². The number of hydrogen-bond donors (Lipinski definition) is 1. The van der Waals surface area contributed by atoms with Gasteiger partial charge in [-0.25, -0.2) is 4.79 Å². The van der Waals surface area contributed by atoms with E-state index in [2.05, 4.69) is 52.9 Å². The summed E-state index contributed by atoms with van der Waals surface area (Å²) >= 11 is 6.18. The lowest BCUT2D eigenvalue weighted by molar-refractivity contribution is -0.135. The molecule has 4 fully saturated rings. The summed E-state index contributed by atoms with van der Waals surface area (Å²) in [5, 5.41) is 4.53. The molecule has 2 heterocycles. The lowest BCUT2D eigenvalue weighted by atomic mass is 9.89. The van der Waals surface area contributed by atoms with E-state index in [1.54, 1.807) is 0 Å². The molecule has 5 rings (SSSR count). The van der Waals surface area contributed by atoms with Crippen LogP contribution in [0, 0.1) is 0 Å². The van der Waals surface area contributed by atoms with Crippen molar-refractivity contribution in [3.63, 3.8) is 0 Å². The van der Waals surface area contributed by atoms with Gasteiger partial charge in [-0.05, 0) is 116 Å². The SMILES string of the molecule is C[C@@H]1CC[C@@H](C)N1C(=O)N(C1CCCCC1)C1CCN(C(=O)[C@@H](Cc2ccc(Cl)cc2)NC2CCC(N(C)C)CC2)CC1. The highest BCUT2D eigenvalue weighted by Crippen LogP contribution is 2.33. The minimum absolute atomic E-state index is 0.209. The number of urea groups is 1. The molecule has 0 aromatic heterocycles. The number of halogens is 1. The van der Waals surface area contributed by atoms with E-state index < -0.39 is 0 Å². The smallest absolute Gasteiger partial charge is 0.320 e. The number of nitrogens with zero attached hydrogens (tertiary/aromatic N) is 4. The molecule has 4 aliphatic rings. The highest BCUT2D eigenvalue weighted by Gasteiger charge is 2.41. The fraction of sp³-hybridized carbons (Fsp3) is 0.771. The summed E-state index contributed by atoms with van der Waals surface area (Å²) in [6.45, 7) is 5.86. The lowest BCUT2D eigenvalue weighted by Gasteiger charge is -2.46. The largest absolute Gasteiger partial charge is 0.341 e. The molecule has 8 heteroatoms. The Kier molecular flexibility index (Phi) is 11.3. The molecule has 2 aliphatic carbocycles. The molecule has 2 aliphatic heterocycles. The van der Waals surface area contributed by atoms with Gasteiger partial charge in [0.2, 0.25) is 5.91 Å². The first-order chi connectivity index (χ1) is 20.7. The zero-order valence-corrected chi connectivity index (χ0v) is 27.9. The van der Waals surface area contributed by atoms with E-state index in [9.17, 15) is 9.59 Å². The van der Waals surface area contributed by atoms with E-state index >= 15 is 0 Å². The van der Waals surface area contributed by atoms with Crippen molar-refractivity contribution in [1.82, 2.24) is 24.9 Å². The predicted octanol–water partition coefficient (Wildman–Crippen LogP) is 6.33. The fourth-order valence-corrected chi connectivity index (χ4v) is 8.50. The van der Waals surface area contributed by atoms with E-state index in [4.69, 9.17) is 11.6 Å². The fourth-order valence-electron chi connectivity index (χ4n) is 8.38. The summed E-state index contributed by atoms with van der Waals surface area (Å²) in [6.07, 6.45) is 15.1. The van der Waals surface area contributed by atoms with Crippen molar-refractivity contribution in [2.45, 2.75) is 146 Å². The van der Waals surface area contributed by atoms with E-state index in [0.717, 1.165) is 87.9 Å². The Hall–Kier alpha value is -1.83. The zero-order valence-electron chi connectivity index (χ0n) is 27.1. The maximum atomic E-state index is 14.2. The van der Waals surface area contributed by atoms with Crippen LogP contribution in [0.4, 0.5) is 4.79 Å². The third-order valence-corrected chi connectivity index (χ3v) is 11.3. The van der Waals surface area contributed by atoms with E-state index in [1.165, 1.54) is 19.3 Å². The highest BCUT2D eigenvalue weighted by atomic mass is 35.5. The Morgan fingerprint density at radius 1 is 0.814 bits per heavy atom. The van der Waals surface area contributed by atoms with Crippen molar-refractivity contribution in [3.8, 4) is 0 Å². The minimum Gasteiger partial charge on any atom is -0.341 e.